The van der Waals surface area contributed by atoms with Gasteiger partial charge in [-0.2, -0.15) is 13.2 Å². The molecule has 0 aromatic carbocycles. The van der Waals surface area contributed by atoms with Gasteiger partial charge >= 0.3 is 6.18 Å². The molecule has 1 aromatic heterocycles. The number of alkyl halides is 5. The zero-order chi connectivity index (χ0) is 13.4. The summed E-state index contributed by atoms with van der Waals surface area (Å²) in [6.45, 7) is 0. The molecule has 0 bridgehead atoms. The molecular weight excluding hydrogens is 366 g/mol. The van der Waals surface area contributed by atoms with Gasteiger partial charge in [0.1, 0.15) is 9.39 Å². The Labute approximate surface area is 104 Å². The highest BCUT2D eigenvalue weighted by molar-refractivity contribution is 14.1. The van der Waals surface area contributed by atoms with Crippen molar-refractivity contribution in [3.63, 3.8) is 0 Å². The summed E-state index contributed by atoms with van der Waals surface area (Å²) in [7, 11) is 0. The predicted molar refractivity (Wildman–Crippen MR) is 53.6 cm³/mol. The number of hydrogen-bond acceptors (Lipinski definition) is 3. The van der Waals surface area contributed by atoms with Gasteiger partial charge < -0.3 is 0 Å². The molecule has 1 heterocycles. The van der Waals surface area contributed by atoms with Crippen molar-refractivity contribution in [3.05, 3.63) is 31.1 Å². The molecule has 0 aliphatic rings. The van der Waals surface area contributed by atoms with Gasteiger partial charge in [-0.25, -0.2) is 13.8 Å². The Hall–Kier alpha value is -1.07. The van der Waals surface area contributed by atoms with Crippen LogP contribution in [0.4, 0.5) is 27.6 Å². The van der Waals surface area contributed by atoms with Crippen LogP contribution in [0.5, 0.6) is 0 Å². The van der Waals surface area contributed by atoms with E-state index in [0.29, 0.717) is 6.07 Å². The van der Waals surface area contributed by atoms with Gasteiger partial charge in [0.05, 0.1) is 4.92 Å². The van der Waals surface area contributed by atoms with Crippen LogP contribution in [0.25, 0.3) is 0 Å². The predicted octanol–water partition coefficient (Wildman–Crippen LogP) is 3.55. The average Bonchev–Trinajstić information content (AvgIpc) is 2.14. The van der Waals surface area contributed by atoms with Gasteiger partial charge in [0.2, 0.25) is 0 Å². The molecule has 0 unspecified atom stereocenters. The van der Waals surface area contributed by atoms with E-state index in [4.69, 9.17) is 0 Å². The Morgan fingerprint density at radius 1 is 1.41 bits per heavy atom. The second-order valence-corrected chi connectivity index (χ2v) is 3.89. The zero-order valence-electron chi connectivity index (χ0n) is 7.63. The van der Waals surface area contributed by atoms with Crippen LogP contribution in [0.3, 0.4) is 0 Å². The Kier molecular flexibility index (Phi) is 3.84. The molecule has 0 saturated heterocycles. The SMILES string of the molecule is O=[N+]([O-])c1cc(I)nc(C(F)F)c1C(F)(F)F. The third kappa shape index (κ3) is 2.98. The summed E-state index contributed by atoms with van der Waals surface area (Å²) in [6.07, 6.45) is -8.80. The number of halogens is 6. The van der Waals surface area contributed by atoms with Crippen LogP contribution in [-0.4, -0.2) is 9.91 Å². The highest BCUT2D eigenvalue weighted by Gasteiger charge is 2.44. The lowest BCUT2D eigenvalue weighted by Gasteiger charge is -2.11. The number of aromatic nitrogens is 1. The molecule has 94 valence electrons. The lowest BCUT2D eigenvalue weighted by Crippen LogP contribution is -2.15. The molecule has 0 N–H and O–H groups in total. The first-order valence-electron chi connectivity index (χ1n) is 3.84. The van der Waals surface area contributed by atoms with Crippen LogP contribution < -0.4 is 0 Å². The molecule has 0 radical (unpaired) electrons. The van der Waals surface area contributed by atoms with Gasteiger partial charge in [0.15, 0.2) is 5.56 Å². The molecule has 0 aliphatic carbocycles. The lowest BCUT2D eigenvalue weighted by atomic mass is 10.1. The summed E-state index contributed by atoms with van der Waals surface area (Å²) in [5.41, 5.74) is -5.05. The van der Waals surface area contributed by atoms with Gasteiger partial charge in [-0.05, 0) is 22.6 Å². The van der Waals surface area contributed by atoms with Gasteiger partial charge in [0.25, 0.3) is 12.1 Å². The fraction of sp³-hybridized carbons (Fsp3) is 0.286. The minimum Gasteiger partial charge on any atom is -0.258 e. The second kappa shape index (κ2) is 4.66. The van der Waals surface area contributed by atoms with Crippen molar-refractivity contribution in [2.75, 3.05) is 0 Å². The van der Waals surface area contributed by atoms with E-state index in [-0.39, 0.29) is 3.70 Å². The smallest absolute Gasteiger partial charge is 0.258 e. The van der Waals surface area contributed by atoms with Crippen molar-refractivity contribution in [1.29, 1.82) is 0 Å². The molecule has 0 amide bonds. The largest absolute Gasteiger partial charge is 0.425 e. The van der Waals surface area contributed by atoms with Crippen molar-refractivity contribution >= 4 is 28.3 Å². The Morgan fingerprint density at radius 2 is 1.94 bits per heavy atom. The van der Waals surface area contributed by atoms with E-state index in [1.54, 1.807) is 0 Å². The molecule has 1 rings (SSSR count). The van der Waals surface area contributed by atoms with Crippen LogP contribution in [0, 0.1) is 13.8 Å². The quantitative estimate of drug-likeness (QED) is 0.264. The molecule has 0 atom stereocenters. The van der Waals surface area contributed by atoms with Gasteiger partial charge in [0, 0.05) is 6.07 Å². The van der Waals surface area contributed by atoms with Gasteiger partial charge in [-0.15, -0.1) is 0 Å². The number of nitrogens with zero attached hydrogens (tertiary/aromatic N) is 2. The zero-order valence-corrected chi connectivity index (χ0v) is 9.79. The summed E-state index contributed by atoms with van der Waals surface area (Å²) in [5.74, 6) is 0. The van der Waals surface area contributed by atoms with E-state index >= 15 is 0 Å². The highest BCUT2D eigenvalue weighted by Crippen LogP contribution is 2.41. The number of rotatable bonds is 2. The normalized spacial score (nSPS) is 11.9. The van der Waals surface area contributed by atoms with Crippen LogP contribution >= 0.6 is 22.6 Å². The molecule has 0 spiro atoms. The number of nitro groups is 1. The highest BCUT2D eigenvalue weighted by atomic mass is 127. The third-order valence-electron chi connectivity index (χ3n) is 1.68. The van der Waals surface area contributed by atoms with Crippen molar-refractivity contribution < 1.29 is 26.9 Å². The molecule has 4 nitrogen and oxygen atoms in total. The maximum atomic E-state index is 12.5. The maximum Gasteiger partial charge on any atom is 0.425 e. The number of pyridine rings is 1. The molecule has 10 heteroatoms. The lowest BCUT2D eigenvalue weighted by molar-refractivity contribution is -0.388. The summed E-state index contributed by atoms with van der Waals surface area (Å²) in [5, 5.41) is 10.4. The fourth-order valence-electron chi connectivity index (χ4n) is 1.11. The fourth-order valence-corrected chi connectivity index (χ4v) is 1.67. The topological polar surface area (TPSA) is 56.0 Å². The third-order valence-corrected chi connectivity index (χ3v) is 2.23. The van der Waals surface area contributed by atoms with Gasteiger partial charge in [-0.1, -0.05) is 0 Å². The van der Waals surface area contributed by atoms with Crippen molar-refractivity contribution in [1.82, 2.24) is 4.98 Å². The van der Waals surface area contributed by atoms with Crippen molar-refractivity contribution in [2.45, 2.75) is 12.6 Å². The average molecular weight is 368 g/mol. The summed E-state index contributed by atoms with van der Waals surface area (Å²) in [4.78, 5) is 12.1. The van der Waals surface area contributed by atoms with Crippen molar-refractivity contribution in [3.8, 4) is 0 Å². The van der Waals surface area contributed by atoms with E-state index in [9.17, 15) is 32.1 Å². The molecule has 17 heavy (non-hydrogen) atoms. The van der Waals surface area contributed by atoms with Crippen LogP contribution in [0.1, 0.15) is 17.7 Å². The Bertz CT molecular complexity index is 462. The van der Waals surface area contributed by atoms with E-state index in [2.05, 4.69) is 4.98 Å². The molecule has 0 aliphatic heterocycles. The van der Waals surface area contributed by atoms with Crippen LogP contribution in [0.2, 0.25) is 0 Å². The maximum absolute atomic E-state index is 12.5. The van der Waals surface area contributed by atoms with Crippen LogP contribution in [-0.2, 0) is 6.18 Å². The van der Waals surface area contributed by atoms with E-state index in [1.165, 1.54) is 22.6 Å². The first-order chi connectivity index (χ1) is 7.64. The Balaban J connectivity index is 3.66. The standard InChI is InChI=1S/C7H2F5IN2O2/c8-6(9)5-4(7(10,11)12)2(15(16)17)1-3(13)14-5/h1,6H. The monoisotopic (exact) mass is 368 g/mol. The minimum atomic E-state index is -5.26. The Morgan fingerprint density at radius 3 is 2.29 bits per heavy atom. The first kappa shape index (κ1) is 14.0. The minimum absolute atomic E-state index is 0.308. The summed E-state index contributed by atoms with van der Waals surface area (Å²) in [6, 6.07) is 0.495. The molecule has 0 saturated carbocycles. The molecule has 1 aromatic rings. The second-order valence-electron chi connectivity index (χ2n) is 2.78. The molecule has 0 fully saturated rings. The first-order valence-corrected chi connectivity index (χ1v) is 4.92. The molecular formula is C7H2F5IN2O2. The van der Waals surface area contributed by atoms with E-state index in [0.717, 1.165) is 0 Å². The van der Waals surface area contributed by atoms with Crippen molar-refractivity contribution in [2.24, 2.45) is 0 Å². The van der Waals surface area contributed by atoms with E-state index < -0.39 is 34.5 Å². The van der Waals surface area contributed by atoms with E-state index in [1.807, 2.05) is 0 Å². The number of hydrogen-bond donors (Lipinski definition) is 0. The van der Waals surface area contributed by atoms with Gasteiger partial charge in [-0.3, -0.25) is 10.1 Å². The summed E-state index contributed by atoms with van der Waals surface area (Å²) >= 11 is 1.33. The summed E-state index contributed by atoms with van der Waals surface area (Å²) < 4.78 is 61.9. The van der Waals surface area contributed by atoms with Crippen LogP contribution in [0.15, 0.2) is 6.07 Å².